The van der Waals surface area contributed by atoms with Gasteiger partial charge >= 0.3 is 0 Å². The predicted molar refractivity (Wildman–Crippen MR) is 173 cm³/mol. The van der Waals surface area contributed by atoms with Crippen LogP contribution in [0.15, 0.2) is 58.5 Å². The van der Waals surface area contributed by atoms with Crippen LogP contribution in [0.3, 0.4) is 0 Å². The zero-order valence-corrected chi connectivity index (χ0v) is 27.1. The van der Waals surface area contributed by atoms with Crippen LogP contribution in [0.5, 0.6) is 5.75 Å². The number of amides is 1. The van der Waals surface area contributed by atoms with Gasteiger partial charge in [0.15, 0.2) is 6.61 Å². The lowest BCUT2D eigenvalue weighted by Crippen LogP contribution is -2.40. The van der Waals surface area contributed by atoms with Gasteiger partial charge in [0.05, 0.1) is 35.7 Å². The van der Waals surface area contributed by atoms with Gasteiger partial charge in [-0.1, -0.05) is 32.9 Å². The summed E-state index contributed by atoms with van der Waals surface area (Å²) in [6.45, 7) is 13.5. The number of hydrogen-bond acceptors (Lipinski definition) is 7. The van der Waals surface area contributed by atoms with Crippen LogP contribution in [0.4, 0.5) is 5.69 Å². The van der Waals surface area contributed by atoms with Crippen molar-refractivity contribution < 1.29 is 22.7 Å². The molecule has 2 aromatic carbocycles. The van der Waals surface area contributed by atoms with Gasteiger partial charge in [-0.3, -0.25) is 4.79 Å². The number of benzene rings is 2. The van der Waals surface area contributed by atoms with Crippen LogP contribution < -0.4 is 15.1 Å². The van der Waals surface area contributed by atoms with E-state index in [0.29, 0.717) is 32.1 Å². The van der Waals surface area contributed by atoms with Gasteiger partial charge in [-0.2, -0.15) is 9.41 Å². The van der Waals surface area contributed by atoms with Crippen LogP contribution in [0.25, 0.3) is 5.69 Å². The van der Waals surface area contributed by atoms with E-state index in [9.17, 15) is 13.2 Å². The molecule has 1 N–H and O–H groups in total. The van der Waals surface area contributed by atoms with E-state index in [0.717, 1.165) is 54.3 Å². The van der Waals surface area contributed by atoms with Gasteiger partial charge in [0.25, 0.3) is 5.91 Å². The van der Waals surface area contributed by atoms with Gasteiger partial charge in [0, 0.05) is 43.1 Å². The molecular formula is C33H43N5O5S. The normalized spacial score (nSPS) is 16.5. The van der Waals surface area contributed by atoms with Crippen molar-refractivity contribution in [3.05, 3.63) is 71.0 Å². The minimum atomic E-state index is -3.67. The molecule has 5 rings (SSSR count). The van der Waals surface area contributed by atoms with Crippen LogP contribution in [0, 0.1) is 13.8 Å². The first kappa shape index (κ1) is 31.7. The number of anilines is 1. The molecule has 1 aromatic heterocycles. The molecule has 10 nitrogen and oxygen atoms in total. The van der Waals surface area contributed by atoms with Crippen LogP contribution in [-0.4, -0.2) is 75.4 Å². The lowest BCUT2D eigenvalue weighted by atomic mass is 9.87. The van der Waals surface area contributed by atoms with Crippen LogP contribution >= 0.6 is 0 Å². The molecule has 0 aliphatic carbocycles. The third kappa shape index (κ3) is 7.00. The highest BCUT2D eigenvalue weighted by atomic mass is 32.2. The van der Waals surface area contributed by atoms with E-state index in [1.165, 1.54) is 9.87 Å². The Morgan fingerprint density at radius 2 is 1.66 bits per heavy atom. The zero-order valence-electron chi connectivity index (χ0n) is 26.3. The molecule has 2 saturated heterocycles. The van der Waals surface area contributed by atoms with Crippen molar-refractivity contribution in [3.8, 4) is 11.4 Å². The number of aromatic nitrogens is 1. The summed E-state index contributed by atoms with van der Waals surface area (Å²) in [6.07, 6.45) is 3.81. The maximum atomic E-state index is 13.6. The number of hydrogen-bond donors (Lipinski definition) is 1. The summed E-state index contributed by atoms with van der Waals surface area (Å²) in [6, 6.07) is 15.1. The lowest BCUT2D eigenvalue weighted by molar-refractivity contribution is -0.123. The molecule has 0 spiro atoms. The number of nitrogens with zero attached hydrogens (tertiary/aromatic N) is 4. The molecule has 11 heteroatoms. The molecule has 1 amide bonds. The molecule has 236 valence electrons. The highest BCUT2D eigenvalue weighted by Crippen LogP contribution is 2.34. The number of morpholine rings is 1. The maximum absolute atomic E-state index is 13.6. The quantitative estimate of drug-likeness (QED) is 0.278. The maximum Gasteiger partial charge on any atom is 0.277 e. The summed E-state index contributed by atoms with van der Waals surface area (Å²) >= 11 is 0. The second-order valence-corrected chi connectivity index (χ2v) is 14.3. The van der Waals surface area contributed by atoms with Crippen molar-refractivity contribution in [2.24, 2.45) is 5.10 Å². The van der Waals surface area contributed by atoms with E-state index < -0.39 is 10.0 Å². The molecule has 0 radical (unpaired) electrons. The van der Waals surface area contributed by atoms with E-state index >= 15 is 0 Å². The second kappa shape index (κ2) is 13.1. The smallest absolute Gasteiger partial charge is 0.277 e. The van der Waals surface area contributed by atoms with E-state index in [1.807, 2.05) is 50.2 Å². The fraction of sp³-hybridized carbons (Fsp3) is 0.455. The van der Waals surface area contributed by atoms with Crippen molar-refractivity contribution in [1.82, 2.24) is 14.3 Å². The summed E-state index contributed by atoms with van der Waals surface area (Å²) in [7, 11) is -3.67. The number of carbonyl (C=O) groups excluding carboxylic acids is 1. The third-order valence-corrected chi connectivity index (χ3v) is 10.1. The lowest BCUT2D eigenvalue weighted by Gasteiger charge is -2.28. The standard InChI is InChI=1S/C33H43N5O5S/c1-24-20-26(22-34-35-32(39)23-43-28-10-8-27(9-11-28)33(3,4)5)25(2)38(24)31-21-29(12-13-30(31)36-14-6-7-15-36)44(40,41)37-16-18-42-19-17-37/h8-13,20-22H,6-7,14-19,23H2,1-5H3,(H,35,39)/b34-22-. The Kier molecular flexibility index (Phi) is 9.48. The molecule has 3 heterocycles. The molecule has 3 aromatic rings. The Morgan fingerprint density at radius 3 is 2.32 bits per heavy atom. The largest absolute Gasteiger partial charge is 0.484 e. The van der Waals surface area contributed by atoms with Gasteiger partial charge in [-0.05, 0) is 74.1 Å². The predicted octanol–water partition coefficient (Wildman–Crippen LogP) is 4.54. The molecule has 0 bridgehead atoms. The fourth-order valence-electron chi connectivity index (χ4n) is 5.70. The minimum absolute atomic E-state index is 0.0409. The molecule has 2 fully saturated rings. The molecule has 0 unspecified atom stereocenters. The average Bonchev–Trinajstić information content (AvgIpc) is 3.64. The number of rotatable bonds is 9. The van der Waals surface area contributed by atoms with Crippen LogP contribution in [-0.2, 0) is 25.0 Å². The van der Waals surface area contributed by atoms with Crippen LogP contribution in [0.2, 0.25) is 0 Å². The van der Waals surface area contributed by atoms with Gasteiger partial charge in [-0.15, -0.1) is 0 Å². The number of carbonyl (C=O) groups is 1. The summed E-state index contributed by atoms with van der Waals surface area (Å²) in [4.78, 5) is 15.0. The summed E-state index contributed by atoms with van der Waals surface area (Å²) in [5, 5.41) is 4.18. The number of ether oxygens (including phenoxy) is 2. The fourth-order valence-corrected chi connectivity index (χ4v) is 7.13. The third-order valence-electron chi connectivity index (χ3n) is 8.20. The molecule has 2 aliphatic rings. The average molecular weight is 622 g/mol. The molecule has 0 atom stereocenters. The molecular weight excluding hydrogens is 578 g/mol. The van der Waals surface area contributed by atoms with Crippen LogP contribution in [0.1, 0.15) is 56.1 Å². The molecule has 44 heavy (non-hydrogen) atoms. The number of nitrogens with one attached hydrogen (secondary N) is 1. The highest BCUT2D eigenvalue weighted by molar-refractivity contribution is 7.89. The van der Waals surface area contributed by atoms with Crippen molar-refractivity contribution in [2.45, 2.75) is 57.8 Å². The van der Waals surface area contributed by atoms with E-state index in [2.05, 4.69) is 40.8 Å². The number of aryl methyl sites for hydroxylation is 1. The van der Waals surface area contributed by atoms with E-state index in [4.69, 9.17) is 9.47 Å². The van der Waals surface area contributed by atoms with Gasteiger partial charge in [0.2, 0.25) is 10.0 Å². The SMILES string of the molecule is Cc1cc(/C=N\NC(=O)COc2ccc(C(C)(C)C)cc2)c(C)n1-c1cc(S(=O)(=O)N2CCOCC2)ccc1N1CCCC1. The number of hydrazone groups is 1. The monoisotopic (exact) mass is 621 g/mol. The topological polar surface area (TPSA) is 105 Å². The molecule has 0 saturated carbocycles. The second-order valence-electron chi connectivity index (χ2n) is 12.4. The minimum Gasteiger partial charge on any atom is -0.484 e. The van der Waals surface area contributed by atoms with Gasteiger partial charge in [0.1, 0.15) is 5.75 Å². The number of sulfonamides is 1. The van der Waals surface area contributed by atoms with Gasteiger partial charge < -0.3 is 18.9 Å². The van der Waals surface area contributed by atoms with Crippen molar-refractivity contribution in [3.63, 3.8) is 0 Å². The Hall–Kier alpha value is -3.67. The summed E-state index contributed by atoms with van der Waals surface area (Å²) in [5.41, 5.74) is 8.21. The summed E-state index contributed by atoms with van der Waals surface area (Å²) < 4.78 is 41.7. The Labute approximate surface area is 260 Å². The first-order valence-corrected chi connectivity index (χ1v) is 16.6. The summed E-state index contributed by atoms with van der Waals surface area (Å²) in [5.74, 6) is 0.250. The van der Waals surface area contributed by atoms with Gasteiger partial charge in [-0.25, -0.2) is 13.8 Å². The first-order valence-electron chi connectivity index (χ1n) is 15.2. The van der Waals surface area contributed by atoms with Crippen molar-refractivity contribution in [2.75, 3.05) is 50.9 Å². The van der Waals surface area contributed by atoms with Crippen molar-refractivity contribution in [1.29, 1.82) is 0 Å². The Balaban J connectivity index is 1.34. The Bertz CT molecular complexity index is 1610. The van der Waals surface area contributed by atoms with E-state index in [1.54, 1.807) is 18.3 Å². The highest BCUT2D eigenvalue weighted by Gasteiger charge is 2.29. The molecule has 2 aliphatic heterocycles. The zero-order chi connectivity index (χ0) is 31.5. The van der Waals surface area contributed by atoms with Crippen molar-refractivity contribution >= 4 is 27.8 Å². The first-order chi connectivity index (χ1) is 20.9. The Morgan fingerprint density at radius 1 is 0.977 bits per heavy atom. The van der Waals surface area contributed by atoms with E-state index in [-0.39, 0.29) is 22.8 Å².